The predicted octanol–water partition coefficient (Wildman–Crippen LogP) is 3.87. The molecule has 0 aliphatic heterocycles. The van der Waals surface area contributed by atoms with Gasteiger partial charge in [-0.3, -0.25) is 4.98 Å². The Morgan fingerprint density at radius 1 is 1.04 bits per heavy atom. The molecule has 0 radical (unpaired) electrons. The summed E-state index contributed by atoms with van der Waals surface area (Å²) in [5.74, 6) is 2.59. The van der Waals surface area contributed by atoms with Crippen LogP contribution in [0.3, 0.4) is 0 Å². The number of pyridine rings is 1. The van der Waals surface area contributed by atoms with Crippen molar-refractivity contribution in [3.05, 3.63) is 66.4 Å². The molecular weight excluding hydrogens is 336 g/mol. The summed E-state index contributed by atoms with van der Waals surface area (Å²) >= 11 is 0. The molecule has 0 saturated heterocycles. The minimum absolute atomic E-state index is 0.686. The Hall–Kier alpha value is -3.28. The number of hydrogen-bond acceptors (Lipinski definition) is 5. The summed E-state index contributed by atoms with van der Waals surface area (Å²) in [5, 5.41) is 3.41. The first-order valence-electron chi connectivity index (χ1n) is 9.18. The van der Waals surface area contributed by atoms with Gasteiger partial charge >= 0.3 is 0 Å². The summed E-state index contributed by atoms with van der Waals surface area (Å²) in [7, 11) is 0. The summed E-state index contributed by atoms with van der Waals surface area (Å²) in [4.78, 5) is 18.1. The third-order valence-corrected chi connectivity index (χ3v) is 4.48. The lowest BCUT2D eigenvalue weighted by Gasteiger charge is -2.09. The van der Waals surface area contributed by atoms with Gasteiger partial charge in [-0.05, 0) is 38.1 Å². The predicted molar refractivity (Wildman–Crippen MR) is 108 cm³/mol. The molecule has 1 aromatic carbocycles. The van der Waals surface area contributed by atoms with Crippen molar-refractivity contribution >= 4 is 16.9 Å². The number of para-hydroxylation sites is 2. The molecule has 27 heavy (non-hydrogen) atoms. The highest BCUT2D eigenvalue weighted by Crippen LogP contribution is 2.18. The average Bonchev–Trinajstić information content (AvgIpc) is 3.05. The number of fused-ring (bicyclic) bond motifs is 1. The quantitative estimate of drug-likeness (QED) is 0.567. The molecule has 0 bridgehead atoms. The SMILES string of the molecule is CCn1c(CCNc2cc(C)nc(-c3cccnc3)n2)nc2ccccc21. The molecule has 136 valence electrons. The van der Waals surface area contributed by atoms with Crippen molar-refractivity contribution in [2.45, 2.75) is 26.8 Å². The summed E-state index contributed by atoms with van der Waals surface area (Å²) in [6.45, 7) is 5.79. The maximum atomic E-state index is 4.78. The van der Waals surface area contributed by atoms with E-state index in [0.717, 1.165) is 47.9 Å². The number of aryl methyl sites for hydroxylation is 2. The minimum atomic E-state index is 0.686. The molecule has 1 N–H and O–H groups in total. The number of hydrogen-bond donors (Lipinski definition) is 1. The van der Waals surface area contributed by atoms with Crippen LogP contribution in [0.5, 0.6) is 0 Å². The Balaban J connectivity index is 1.51. The van der Waals surface area contributed by atoms with Crippen LogP contribution in [0.15, 0.2) is 54.9 Å². The number of nitrogens with one attached hydrogen (secondary N) is 1. The number of anilines is 1. The van der Waals surface area contributed by atoms with Crippen LogP contribution in [-0.2, 0) is 13.0 Å². The van der Waals surface area contributed by atoms with Gasteiger partial charge in [-0.15, -0.1) is 0 Å². The maximum Gasteiger partial charge on any atom is 0.163 e. The fourth-order valence-corrected chi connectivity index (χ4v) is 3.25. The van der Waals surface area contributed by atoms with Crippen molar-refractivity contribution in [2.75, 3.05) is 11.9 Å². The van der Waals surface area contributed by atoms with Crippen molar-refractivity contribution in [1.82, 2.24) is 24.5 Å². The van der Waals surface area contributed by atoms with Crippen molar-refractivity contribution in [3.8, 4) is 11.4 Å². The van der Waals surface area contributed by atoms with Crippen LogP contribution in [0.2, 0.25) is 0 Å². The molecule has 6 nitrogen and oxygen atoms in total. The maximum absolute atomic E-state index is 4.78. The molecule has 0 unspecified atom stereocenters. The Bertz CT molecular complexity index is 1050. The zero-order valence-electron chi connectivity index (χ0n) is 15.6. The van der Waals surface area contributed by atoms with E-state index in [0.29, 0.717) is 5.82 Å². The van der Waals surface area contributed by atoms with Crippen LogP contribution < -0.4 is 5.32 Å². The molecule has 0 aliphatic rings. The fraction of sp³-hybridized carbons (Fsp3) is 0.238. The number of aromatic nitrogens is 5. The lowest BCUT2D eigenvalue weighted by molar-refractivity contribution is 0.716. The lowest BCUT2D eigenvalue weighted by atomic mass is 10.2. The third-order valence-electron chi connectivity index (χ3n) is 4.48. The second-order valence-corrected chi connectivity index (χ2v) is 6.40. The van der Waals surface area contributed by atoms with Gasteiger partial charge in [0.15, 0.2) is 5.82 Å². The Labute approximate surface area is 158 Å². The molecule has 3 aromatic heterocycles. The van der Waals surface area contributed by atoms with E-state index >= 15 is 0 Å². The highest BCUT2D eigenvalue weighted by molar-refractivity contribution is 5.75. The van der Waals surface area contributed by atoms with E-state index in [9.17, 15) is 0 Å². The first-order valence-corrected chi connectivity index (χ1v) is 9.18. The first kappa shape index (κ1) is 17.1. The molecule has 0 spiro atoms. The van der Waals surface area contributed by atoms with Crippen LogP contribution in [0, 0.1) is 6.92 Å². The normalized spacial score (nSPS) is 11.0. The average molecular weight is 358 g/mol. The Morgan fingerprint density at radius 2 is 1.93 bits per heavy atom. The van der Waals surface area contributed by atoms with E-state index in [4.69, 9.17) is 4.98 Å². The molecule has 0 saturated carbocycles. The zero-order chi connectivity index (χ0) is 18.6. The van der Waals surface area contributed by atoms with Crippen LogP contribution >= 0.6 is 0 Å². The van der Waals surface area contributed by atoms with Gasteiger partial charge in [0.1, 0.15) is 11.6 Å². The van der Waals surface area contributed by atoms with E-state index in [-0.39, 0.29) is 0 Å². The smallest absolute Gasteiger partial charge is 0.163 e. The van der Waals surface area contributed by atoms with Crippen molar-refractivity contribution in [3.63, 3.8) is 0 Å². The molecule has 0 aliphatic carbocycles. The van der Waals surface area contributed by atoms with Gasteiger partial charge < -0.3 is 9.88 Å². The Kier molecular flexibility index (Phi) is 4.78. The summed E-state index contributed by atoms with van der Waals surface area (Å²) in [5.41, 5.74) is 4.07. The van der Waals surface area contributed by atoms with Gasteiger partial charge in [0.05, 0.1) is 11.0 Å². The molecule has 3 heterocycles. The largest absolute Gasteiger partial charge is 0.369 e. The minimum Gasteiger partial charge on any atom is -0.369 e. The molecule has 0 amide bonds. The number of rotatable bonds is 6. The van der Waals surface area contributed by atoms with Gasteiger partial charge in [-0.25, -0.2) is 15.0 Å². The molecule has 4 aromatic rings. The van der Waals surface area contributed by atoms with Gasteiger partial charge in [0, 0.05) is 49.2 Å². The number of nitrogens with zero attached hydrogens (tertiary/aromatic N) is 5. The van der Waals surface area contributed by atoms with E-state index in [1.54, 1.807) is 12.4 Å². The molecule has 0 atom stereocenters. The van der Waals surface area contributed by atoms with Gasteiger partial charge in [0.2, 0.25) is 0 Å². The summed E-state index contributed by atoms with van der Waals surface area (Å²) < 4.78 is 2.27. The third kappa shape index (κ3) is 3.65. The van der Waals surface area contributed by atoms with Crippen molar-refractivity contribution in [1.29, 1.82) is 0 Å². The molecule has 4 rings (SSSR count). The van der Waals surface area contributed by atoms with Crippen LogP contribution in [0.1, 0.15) is 18.4 Å². The van der Waals surface area contributed by atoms with E-state index in [1.165, 1.54) is 5.52 Å². The molecular formula is C21H22N6. The summed E-state index contributed by atoms with van der Waals surface area (Å²) in [6.07, 6.45) is 4.36. The standard InChI is InChI=1S/C21H22N6/c1-3-27-18-9-5-4-8-17(18)25-20(27)10-12-23-19-13-15(2)24-21(26-19)16-7-6-11-22-14-16/h4-9,11,13-14H,3,10,12H2,1-2H3,(H,23,24,26). The first-order chi connectivity index (χ1) is 13.2. The van der Waals surface area contributed by atoms with E-state index in [1.807, 2.05) is 31.2 Å². The van der Waals surface area contributed by atoms with Gasteiger partial charge in [-0.2, -0.15) is 0 Å². The van der Waals surface area contributed by atoms with Gasteiger partial charge in [0.25, 0.3) is 0 Å². The highest BCUT2D eigenvalue weighted by Gasteiger charge is 2.09. The Morgan fingerprint density at radius 3 is 2.74 bits per heavy atom. The second-order valence-electron chi connectivity index (χ2n) is 6.40. The van der Waals surface area contributed by atoms with Crippen LogP contribution in [-0.4, -0.2) is 31.0 Å². The fourth-order valence-electron chi connectivity index (χ4n) is 3.25. The zero-order valence-corrected chi connectivity index (χ0v) is 15.6. The molecule has 6 heteroatoms. The van der Waals surface area contributed by atoms with Crippen LogP contribution in [0.25, 0.3) is 22.4 Å². The van der Waals surface area contributed by atoms with Crippen molar-refractivity contribution in [2.24, 2.45) is 0 Å². The van der Waals surface area contributed by atoms with Gasteiger partial charge in [-0.1, -0.05) is 12.1 Å². The monoisotopic (exact) mass is 358 g/mol. The van der Waals surface area contributed by atoms with E-state index < -0.39 is 0 Å². The second kappa shape index (κ2) is 7.53. The number of imidazole rings is 1. The highest BCUT2D eigenvalue weighted by atomic mass is 15.1. The van der Waals surface area contributed by atoms with E-state index in [2.05, 4.69) is 50.0 Å². The number of benzene rings is 1. The molecule has 0 fully saturated rings. The summed E-state index contributed by atoms with van der Waals surface area (Å²) in [6, 6.07) is 14.1. The topological polar surface area (TPSA) is 68.5 Å². The van der Waals surface area contributed by atoms with Crippen molar-refractivity contribution < 1.29 is 0 Å². The van der Waals surface area contributed by atoms with Crippen LogP contribution in [0.4, 0.5) is 5.82 Å². The lowest BCUT2D eigenvalue weighted by Crippen LogP contribution is -2.11.